The van der Waals surface area contributed by atoms with E-state index in [4.69, 9.17) is 0 Å². The molecule has 1 nitrogen and oxygen atoms in total. The zero-order valence-electron chi connectivity index (χ0n) is 15.3. The number of nitrogens with zero attached hydrogens (tertiary/aromatic N) is 1. The van der Waals surface area contributed by atoms with E-state index >= 15 is 0 Å². The third-order valence-electron chi connectivity index (χ3n) is 5.05. The van der Waals surface area contributed by atoms with Gasteiger partial charge in [-0.1, -0.05) is 45.0 Å². The lowest BCUT2D eigenvalue weighted by molar-refractivity contribution is 0.590. The van der Waals surface area contributed by atoms with Crippen LogP contribution in [-0.4, -0.2) is 6.54 Å². The summed E-state index contributed by atoms with van der Waals surface area (Å²) in [5, 5.41) is 2.15. The molecule has 25 heavy (non-hydrogen) atoms. The van der Waals surface area contributed by atoms with E-state index < -0.39 is 0 Å². The molecule has 0 radical (unpaired) electrons. The molecule has 0 saturated heterocycles. The first kappa shape index (κ1) is 16.4. The molecule has 0 N–H and O–H groups in total. The van der Waals surface area contributed by atoms with Crippen molar-refractivity contribution in [1.29, 1.82) is 0 Å². The van der Waals surface area contributed by atoms with Crippen molar-refractivity contribution in [3.05, 3.63) is 71.1 Å². The second kappa shape index (κ2) is 6.34. The number of thiophene rings is 1. The van der Waals surface area contributed by atoms with Crippen molar-refractivity contribution in [2.75, 3.05) is 11.4 Å². The normalized spacial score (nSPS) is 14.4. The Hall–Kier alpha value is -2.06. The molecular weight excluding hydrogens is 322 g/mol. The monoisotopic (exact) mass is 347 g/mol. The highest BCUT2D eigenvalue weighted by atomic mass is 32.1. The Balaban J connectivity index is 1.68. The zero-order valence-corrected chi connectivity index (χ0v) is 16.1. The quantitative estimate of drug-likeness (QED) is 0.493. The van der Waals surface area contributed by atoms with Gasteiger partial charge >= 0.3 is 0 Å². The summed E-state index contributed by atoms with van der Waals surface area (Å²) < 4.78 is 0. The van der Waals surface area contributed by atoms with Gasteiger partial charge in [0.15, 0.2) is 0 Å². The van der Waals surface area contributed by atoms with Crippen molar-refractivity contribution in [2.45, 2.75) is 39.0 Å². The van der Waals surface area contributed by atoms with E-state index in [2.05, 4.69) is 85.6 Å². The summed E-state index contributed by atoms with van der Waals surface area (Å²) in [4.78, 5) is 3.83. The van der Waals surface area contributed by atoms with Crippen LogP contribution in [-0.2, 0) is 11.8 Å². The molecule has 0 bridgehead atoms. The molecular formula is C23H25NS. The van der Waals surface area contributed by atoms with Crippen LogP contribution in [0.3, 0.4) is 0 Å². The van der Waals surface area contributed by atoms with Crippen LogP contribution < -0.4 is 4.90 Å². The first-order valence-corrected chi connectivity index (χ1v) is 9.95. The number of anilines is 2. The molecule has 2 heteroatoms. The molecule has 128 valence electrons. The molecule has 2 aromatic carbocycles. The van der Waals surface area contributed by atoms with Gasteiger partial charge in [-0.2, -0.15) is 0 Å². The standard InChI is InChI=1S/C23H25NS/c1-23(2,3)19-9-11-20(12-10-19)24-14-4-6-17-16-18(8-13-21(17)24)22-7-5-15-25-22/h5,7-13,15-16H,4,6,14H2,1-3H3. The van der Waals surface area contributed by atoms with Crippen LogP contribution in [0.1, 0.15) is 38.3 Å². The highest BCUT2D eigenvalue weighted by molar-refractivity contribution is 7.13. The lowest BCUT2D eigenvalue weighted by atomic mass is 9.87. The van der Waals surface area contributed by atoms with Crippen molar-refractivity contribution in [2.24, 2.45) is 0 Å². The highest BCUT2D eigenvalue weighted by Crippen LogP contribution is 2.37. The summed E-state index contributed by atoms with van der Waals surface area (Å²) in [6.07, 6.45) is 2.38. The summed E-state index contributed by atoms with van der Waals surface area (Å²) in [6.45, 7) is 7.90. The Morgan fingerprint density at radius 2 is 1.76 bits per heavy atom. The van der Waals surface area contributed by atoms with Gasteiger partial charge < -0.3 is 4.90 Å². The average molecular weight is 348 g/mol. The number of hydrogen-bond donors (Lipinski definition) is 0. The number of rotatable bonds is 2. The molecule has 3 aromatic rings. The van der Waals surface area contributed by atoms with Gasteiger partial charge in [0.05, 0.1) is 0 Å². The lowest BCUT2D eigenvalue weighted by Gasteiger charge is -2.32. The van der Waals surface area contributed by atoms with E-state index in [1.54, 1.807) is 0 Å². The molecule has 2 heterocycles. The number of fused-ring (bicyclic) bond motifs is 1. The summed E-state index contributed by atoms with van der Waals surface area (Å²) in [6, 6.07) is 20.4. The maximum absolute atomic E-state index is 2.48. The van der Waals surface area contributed by atoms with E-state index in [0.29, 0.717) is 0 Å². The van der Waals surface area contributed by atoms with Gasteiger partial charge in [0, 0.05) is 22.8 Å². The van der Waals surface area contributed by atoms with Gasteiger partial charge in [-0.3, -0.25) is 0 Å². The summed E-state index contributed by atoms with van der Waals surface area (Å²) in [5.41, 5.74) is 7.08. The molecule has 0 aliphatic carbocycles. The second-order valence-corrected chi connectivity index (χ2v) is 8.82. The second-order valence-electron chi connectivity index (χ2n) is 7.87. The third kappa shape index (κ3) is 3.23. The minimum absolute atomic E-state index is 0.202. The molecule has 1 aromatic heterocycles. The SMILES string of the molecule is CC(C)(C)c1ccc(N2CCCc3cc(-c4cccs4)ccc32)cc1. The third-order valence-corrected chi connectivity index (χ3v) is 5.97. The number of aryl methyl sites for hydroxylation is 1. The largest absolute Gasteiger partial charge is 0.341 e. The van der Waals surface area contributed by atoms with Crippen molar-refractivity contribution < 1.29 is 0 Å². The van der Waals surface area contributed by atoms with Crippen LogP contribution in [0.2, 0.25) is 0 Å². The molecule has 0 saturated carbocycles. The average Bonchev–Trinajstić information content (AvgIpc) is 3.15. The van der Waals surface area contributed by atoms with Crippen LogP contribution in [0.25, 0.3) is 10.4 Å². The summed E-state index contributed by atoms with van der Waals surface area (Å²) >= 11 is 1.81. The van der Waals surface area contributed by atoms with Crippen LogP contribution in [0.4, 0.5) is 11.4 Å². The molecule has 0 atom stereocenters. The Bertz CT molecular complexity index is 854. The van der Waals surface area contributed by atoms with Crippen molar-refractivity contribution >= 4 is 22.7 Å². The molecule has 4 rings (SSSR count). The highest BCUT2D eigenvalue weighted by Gasteiger charge is 2.20. The fraction of sp³-hybridized carbons (Fsp3) is 0.304. The van der Waals surface area contributed by atoms with Crippen LogP contribution in [0, 0.1) is 0 Å². The fourth-order valence-electron chi connectivity index (χ4n) is 3.60. The zero-order chi connectivity index (χ0) is 17.4. The maximum Gasteiger partial charge on any atom is 0.0443 e. The van der Waals surface area contributed by atoms with Gasteiger partial charge in [-0.05, 0) is 70.7 Å². The topological polar surface area (TPSA) is 3.24 Å². The minimum atomic E-state index is 0.202. The molecule has 1 aliphatic rings. The predicted octanol–water partition coefficient (Wildman–Crippen LogP) is 6.80. The van der Waals surface area contributed by atoms with Gasteiger partial charge in [0.2, 0.25) is 0 Å². The molecule has 0 amide bonds. The lowest BCUT2D eigenvalue weighted by Crippen LogP contribution is -2.24. The first-order chi connectivity index (χ1) is 12.0. The Morgan fingerprint density at radius 1 is 0.960 bits per heavy atom. The summed E-state index contributed by atoms with van der Waals surface area (Å²) in [7, 11) is 0. The number of hydrogen-bond acceptors (Lipinski definition) is 2. The molecule has 0 spiro atoms. The van der Waals surface area contributed by atoms with E-state index in [9.17, 15) is 0 Å². The van der Waals surface area contributed by atoms with Crippen molar-refractivity contribution in [3.63, 3.8) is 0 Å². The van der Waals surface area contributed by atoms with Crippen molar-refractivity contribution in [1.82, 2.24) is 0 Å². The molecule has 1 aliphatic heterocycles. The fourth-order valence-corrected chi connectivity index (χ4v) is 4.33. The van der Waals surface area contributed by atoms with E-state index in [-0.39, 0.29) is 5.41 Å². The predicted molar refractivity (Wildman–Crippen MR) is 110 cm³/mol. The van der Waals surface area contributed by atoms with Gasteiger partial charge in [0.25, 0.3) is 0 Å². The Labute approximate surface area is 154 Å². The Morgan fingerprint density at radius 3 is 2.44 bits per heavy atom. The number of benzene rings is 2. The smallest absolute Gasteiger partial charge is 0.0443 e. The molecule has 0 unspecified atom stereocenters. The maximum atomic E-state index is 2.48. The Kier molecular flexibility index (Phi) is 4.16. The van der Waals surface area contributed by atoms with E-state index in [1.807, 2.05) is 11.3 Å². The van der Waals surface area contributed by atoms with Crippen molar-refractivity contribution in [3.8, 4) is 10.4 Å². The summed E-state index contributed by atoms with van der Waals surface area (Å²) in [5.74, 6) is 0. The first-order valence-electron chi connectivity index (χ1n) is 9.07. The van der Waals surface area contributed by atoms with E-state index in [0.717, 1.165) is 6.54 Å². The van der Waals surface area contributed by atoms with Crippen LogP contribution in [0.15, 0.2) is 60.0 Å². The van der Waals surface area contributed by atoms with E-state index in [1.165, 1.54) is 45.8 Å². The minimum Gasteiger partial charge on any atom is -0.341 e. The van der Waals surface area contributed by atoms with Gasteiger partial charge in [-0.15, -0.1) is 11.3 Å². The van der Waals surface area contributed by atoms with Crippen LogP contribution in [0.5, 0.6) is 0 Å². The van der Waals surface area contributed by atoms with Gasteiger partial charge in [0.1, 0.15) is 0 Å². The molecule has 0 fully saturated rings. The van der Waals surface area contributed by atoms with Crippen LogP contribution >= 0.6 is 11.3 Å². The van der Waals surface area contributed by atoms with Gasteiger partial charge in [-0.25, -0.2) is 0 Å².